The van der Waals surface area contributed by atoms with Gasteiger partial charge in [-0.3, -0.25) is 4.79 Å². The summed E-state index contributed by atoms with van der Waals surface area (Å²) in [6.45, 7) is -1.39. The lowest BCUT2D eigenvalue weighted by Crippen LogP contribution is -2.60. The average Bonchev–Trinajstić information content (AvgIpc) is 2.98. The molecule has 2 aromatic carbocycles. The molecule has 16 nitrogen and oxygen atoms in total. The van der Waals surface area contributed by atoms with Crippen molar-refractivity contribution < 1.29 is 74.4 Å². The van der Waals surface area contributed by atoms with E-state index in [1.807, 2.05) is 0 Å². The number of benzene rings is 2. The zero-order valence-corrected chi connectivity index (χ0v) is 22.1. The summed E-state index contributed by atoms with van der Waals surface area (Å²) in [4.78, 5) is 12.9. The number of ether oxygens (including phenoxy) is 4. The smallest absolute Gasteiger partial charge is 0.229 e. The zero-order valence-electron chi connectivity index (χ0n) is 22.1. The Morgan fingerprint density at radius 3 is 1.84 bits per heavy atom. The molecular weight excluding hydrogens is 580 g/mol. The number of aromatic hydroxyl groups is 2. The summed E-state index contributed by atoms with van der Waals surface area (Å²) >= 11 is 0. The second-order valence-corrected chi connectivity index (χ2v) is 10.1. The van der Waals surface area contributed by atoms with Crippen LogP contribution in [0.3, 0.4) is 0 Å². The van der Waals surface area contributed by atoms with E-state index in [0.717, 1.165) is 12.1 Å². The molecule has 0 bridgehead atoms. The topological polar surface area (TPSA) is 269 Å². The molecule has 3 aromatic rings. The fraction of sp³-hybridized carbons (Fsp3) is 0.444. The standard InChI is InChI=1S/C27H30O16/c28-7-17-20(33)22(35)24(37)26(42-17)39-10-4-12(31)19-13(32)6-14(40-16(19)5-10)9-1-2-11(30)15(3-9)41-27-25(38)23(36)21(34)18(8-29)43-27/h1-6,17-18,20-31,33-38H,7-8H2/t17?,18?,20-,21-,22-,23-,24?,25?,26-,27-/m1/s1. The number of fused-ring (bicyclic) bond motifs is 1. The van der Waals surface area contributed by atoms with Crippen molar-refractivity contribution in [2.75, 3.05) is 13.2 Å². The van der Waals surface area contributed by atoms with E-state index in [4.69, 9.17) is 23.4 Å². The molecule has 234 valence electrons. The maximum Gasteiger partial charge on any atom is 0.229 e. The number of aliphatic hydroxyl groups excluding tert-OH is 8. The molecular formula is C27H30O16. The fourth-order valence-electron chi connectivity index (χ4n) is 4.80. The number of aliphatic hydroxyl groups is 8. The van der Waals surface area contributed by atoms with Crippen molar-refractivity contribution in [1.29, 1.82) is 0 Å². The summed E-state index contributed by atoms with van der Waals surface area (Å²) in [6, 6.07) is 7.02. The van der Waals surface area contributed by atoms with Crippen molar-refractivity contribution in [2.45, 2.75) is 61.4 Å². The first kappa shape index (κ1) is 30.9. The maximum absolute atomic E-state index is 12.9. The maximum atomic E-state index is 12.9. The van der Waals surface area contributed by atoms with Crippen LogP contribution in [0.15, 0.2) is 45.6 Å². The zero-order chi connectivity index (χ0) is 31.2. The number of rotatable bonds is 7. The minimum atomic E-state index is -1.76. The summed E-state index contributed by atoms with van der Waals surface area (Å²) in [5.41, 5.74) is -0.708. The molecule has 0 aliphatic carbocycles. The van der Waals surface area contributed by atoms with Gasteiger partial charge in [0.05, 0.1) is 13.2 Å². The normalized spacial score (nSPS) is 32.9. The average molecular weight is 611 g/mol. The Morgan fingerprint density at radius 2 is 1.26 bits per heavy atom. The second kappa shape index (κ2) is 12.2. The Kier molecular flexibility index (Phi) is 8.77. The Balaban J connectivity index is 1.45. The van der Waals surface area contributed by atoms with Crippen molar-refractivity contribution in [1.82, 2.24) is 0 Å². The molecule has 2 aliphatic rings. The van der Waals surface area contributed by atoms with Gasteiger partial charge < -0.3 is 74.4 Å². The van der Waals surface area contributed by atoms with Gasteiger partial charge in [0, 0.05) is 23.8 Å². The van der Waals surface area contributed by atoms with Crippen molar-refractivity contribution in [2.24, 2.45) is 0 Å². The third kappa shape index (κ3) is 5.85. The first-order valence-corrected chi connectivity index (χ1v) is 13.0. The summed E-state index contributed by atoms with van der Waals surface area (Å²) < 4.78 is 27.5. The minimum Gasteiger partial charge on any atom is -0.507 e. The highest BCUT2D eigenvalue weighted by atomic mass is 16.7. The van der Waals surface area contributed by atoms with Crippen LogP contribution in [0.5, 0.6) is 23.0 Å². The van der Waals surface area contributed by atoms with Crippen molar-refractivity contribution >= 4 is 11.0 Å². The summed E-state index contributed by atoms with van der Waals surface area (Å²) in [5.74, 6) is -1.54. The summed E-state index contributed by atoms with van der Waals surface area (Å²) in [5, 5.41) is 99.9. The minimum absolute atomic E-state index is 0.0828. The van der Waals surface area contributed by atoms with Gasteiger partial charge in [-0.15, -0.1) is 0 Å². The van der Waals surface area contributed by atoms with Crippen LogP contribution in [0, 0.1) is 0 Å². The first-order valence-electron chi connectivity index (χ1n) is 13.0. The van der Waals surface area contributed by atoms with Crippen molar-refractivity contribution in [3.05, 3.63) is 46.6 Å². The van der Waals surface area contributed by atoms with E-state index in [9.17, 15) is 55.9 Å². The molecule has 0 spiro atoms. The molecule has 43 heavy (non-hydrogen) atoms. The molecule has 0 radical (unpaired) electrons. The second-order valence-electron chi connectivity index (χ2n) is 10.1. The fourth-order valence-corrected chi connectivity index (χ4v) is 4.80. The lowest BCUT2D eigenvalue weighted by Gasteiger charge is -2.39. The van der Waals surface area contributed by atoms with Gasteiger partial charge >= 0.3 is 0 Å². The molecule has 1 aromatic heterocycles. The van der Waals surface area contributed by atoms with E-state index < -0.39 is 91.6 Å². The molecule has 0 amide bonds. The van der Waals surface area contributed by atoms with Gasteiger partial charge in [0.2, 0.25) is 12.6 Å². The first-order chi connectivity index (χ1) is 20.4. The largest absolute Gasteiger partial charge is 0.507 e. The third-order valence-corrected chi connectivity index (χ3v) is 7.22. The molecule has 0 saturated carbocycles. The molecule has 5 rings (SSSR count). The highest BCUT2D eigenvalue weighted by Crippen LogP contribution is 2.37. The molecule has 2 saturated heterocycles. The lowest BCUT2D eigenvalue weighted by atomic mass is 9.99. The molecule has 2 fully saturated rings. The monoisotopic (exact) mass is 610 g/mol. The van der Waals surface area contributed by atoms with Crippen LogP contribution in [-0.4, -0.2) is 126 Å². The predicted octanol–water partition coefficient (Wildman–Crippen LogP) is -2.77. The van der Waals surface area contributed by atoms with Crippen LogP contribution in [0.25, 0.3) is 22.3 Å². The van der Waals surface area contributed by atoms with Gasteiger partial charge in [-0.25, -0.2) is 0 Å². The van der Waals surface area contributed by atoms with Gasteiger partial charge in [-0.2, -0.15) is 0 Å². The number of hydrogen-bond acceptors (Lipinski definition) is 16. The quantitative estimate of drug-likeness (QED) is 0.130. The van der Waals surface area contributed by atoms with E-state index in [2.05, 4.69) is 0 Å². The van der Waals surface area contributed by atoms with Gasteiger partial charge in [0.15, 0.2) is 16.9 Å². The Labute approximate surface area is 241 Å². The third-order valence-electron chi connectivity index (χ3n) is 7.22. The Bertz CT molecular complexity index is 1500. The number of phenolic OH excluding ortho intramolecular Hbond substituents is 2. The molecule has 3 heterocycles. The van der Waals surface area contributed by atoms with Gasteiger partial charge in [-0.05, 0) is 18.2 Å². The van der Waals surface area contributed by atoms with Crippen molar-refractivity contribution in [3.63, 3.8) is 0 Å². The van der Waals surface area contributed by atoms with Crippen LogP contribution in [0.4, 0.5) is 0 Å². The van der Waals surface area contributed by atoms with E-state index in [-0.39, 0.29) is 33.8 Å². The van der Waals surface area contributed by atoms with Crippen molar-refractivity contribution in [3.8, 4) is 34.3 Å². The predicted molar refractivity (Wildman–Crippen MR) is 140 cm³/mol. The van der Waals surface area contributed by atoms with Gasteiger partial charge in [0.1, 0.15) is 77.1 Å². The van der Waals surface area contributed by atoms with Crippen LogP contribution in [-0.2, 0) is 9.47 Å². The SMILES string of the molecule is O=c1cc(-c2ccc(O)c(O[C@@H]3OC(CO)[C@@H](O)[C@@H](O)C3O)c2)oc2cc(O[C@@H]3OC(CO)[C@@H](O)[C@@H](O)C3O)cc(O)c12. The lowest BCUT2D eigenvalue weighted by molar-refractivity contribution is -0.277. The summed E-state index contributed by atoms with van der Waals surface area (Å²) in [7, 11) is 0. The number of phenols is 2. The van der Waals surface area contributed by atoms with E-state index in [0.29, 0.717) is 0 Å². The molecule has 16 heteroatoms. The molecule has 10 atom stereocenters. The van der Waals surface area contributed by atoms with Crippen LogP contribution >= 0.6 is 0 Å². The van der Waals surface area contributed by atoms with Gasteiger partial charge in [0.25, 0.3) is 0 Å². The Morgan fingerprint density at radius 1 is 0.674 bits per heavy atom. The van der Waals surface area contributed by atoms with E-state index in [1.165, 1.54) is 24.3 Å². The number of hydrogen-bond donors (Lipinski definition) is 10. The molecule has 10 N–H and O–H groups in total. The van der Waals surface area contributed by atoms with E-state index >= 15 is 0 Å². The van der Waals surface area contributed by atoms with Crippen LogP contribution in [0.1, 0.15) is 0 Å². The van der Waals surface area contributed by atoms with E-state index in [1.54, 1.807) is 0 Å². The highest BCUT2D eigenvalue weighted by molar-refractivity contribution is 5.86. The van der Waals surface area contributed by atoms with Gasteiger partial charge in [-0.1, -0.05) is 0 Å². The molecule has 2 aliphatic heterocycles. The summed E-state index contributed by atoms with van der Waals surface area (Å²) in [6.07, 6.45) is -15.9. The van der Waals surface area contributed by atoms with Crippen LogP contribution in [0.2, 0.25) is 0 Å². The molecule has 4 unspecified atom stereocenters. The van der Waals surface area contributed by atoms with Crippen LogP contribution < -0.4 is 14.9 Å². The Hall–Kier alpha value is -3.55. The highest BCUT2D eigenvalue weighted by Gasteiger charge is 2.46.